The van der Waals surface area contributed by atoms with Crippen molar-refractivity contribution in [1.82, 2.24) is 0 Å². The van der Waals surface area contributed by atoms with Crippen LogP contribution in [-0.4, -0.2) is 0 Å². The molecule has 0 saturated carbocycles. The van der Waals surface area contributed by atoms with Gasteiger partial charge in [0.05, 0.1) is 12.5 Å². The van der Waals surface area contributed by atoms with E-state index in [1.807, 2.05) is 6.92 Å². The molecule has 1 aromatic heterocycles. The van der Waals surface area contributed by atoms with Gasteiger partial charge in [-0.25, -0.2) is 4.39 Å². The zero-order valence-corrected chi connectivity index (χ0v) is 7.02. The van der Waals surface area contributed by atoms with Crippen molar-refractivity contribution in [1.29, 1.82) is 0 Å². The van der Waals surface area contributed by atoms with Crippen molar-refractivity contribution in [2.45, 2.75) is 13.8 Å². The monoisotopic (exact) mass is 164 g/mol. The summed E-state index contributed by atoms with van der Waals surface area (Å²) in [6.45, 7) is 3.63. The van der Waals surface area contributed by atoms with Crippen molar-refractivity contribution < 1.29 is 8.81 Å². The highest BCUT2D eigenvalue weighted by molar-refractivity contribution is 5.87. The molecule has 12 heavy (non-hydrogen) atoms. The van der Waals surface area contributed by atoms with Gasteiger partial charge in [-0.05, 0) is 31.0 Å². The smallest absolute Gasteiger partial charge is 0.127 e. The molecule has 0 spiro atoms. The van der Waals surface area contributed by atoms with E-state index >= 15 is 0 Å². The topological polar surface area (TPSA) is 13.1 Å². The molecule has 1 nitrogen and oxygen atoms in total. The summed E-state index contributed by atoms with van der Waals surface area (Å²) in [5.74, 6) is -0.165. The first-order valence-corrected chi connectivity index (χ1v) is 3.82. The molecule has 0 unspecified atom stereocenters. The van der Waals surface area contributed by atoms with Crippen LogP contribution >= 0.6 is 0 Å². The summed E-state index contributed by atoms with van der Waals surface area (Å²) in [5, 5.41) is 1.86. The van der Waals surface area contributed by atoms with E-state index in [1.54, 1.807) is 19.5 Å². The number of rotatable bonds is 0. The quantitative estimate of drug-likeness (QED) is 0.582. The first-order chi connectivity index (χ1) is 5.70. The van der Waals surface area contributed by atoms with Crippen LogP contribution in [0.15, 0.2) is 23.0 Å². The predicted octanol–water partition coefficient (Wildman–Crippen LogP) is 3.19. The summed E-state index contributed by atoms with van der Waals surface area (Å²) >= 11 is 0. The molecule has 0 aliphatic carbocycles. The molecular weight excluding hydrogens is 155 g/mol. The van der Waals surface area contributed by atoms with Gasteiger partial charge in [0.25, 0.3) is 0 Å². The fraction of sp³-hybridized carbons (Fsp3) is 0.200. The lowest BCUT2D eigenvalue weighted by molar-refractivity contribution is 0.572. The maximum atomic E-state index is 13.1. The van der Waals surface area contributed by atoms with Crippen molar-refractivity contribution in [3.05, 3.63) is 35.5 Å². The van der Waals surface area contributed by atoms with E-state index < -0.39 is 0 Å². The maximum Gasteiger partial charge on any atom is 0.127 e. The van der Waals surface area contributed by atoms with E-state index in [9.17, 15) is 4.39 Å². The summed E-state index contributed by atoms with van der Waals surface area (Å²) in [5.41, 5.74) is 1.58. The molecule has 0 N–H and O–H groups in total. The standard InChI is InChI=1S/C10H9FO/c1-6-3-10(11)7(2)9-5-12-4-8(6)9/h3-5H,1-2H3. The van der Waals surface area contributed by atoms with Crippen molar-refractivity contribution in [3.8, 4) is 0 Å². The first kappa shape index (κ1) is 7.35. The van der Waals surface area contributed by atoms with Gasteiger partial charge in [0.15, 0.2) is 0 Å². The molecule has 62 valence electrons. The number of benzene rings is 1. The van der Waals surface area contributed by atoms with E-state index in [4.69, 9.17) is 4.42 Å². The highest BCUT2D eigenvalue weighted by Gasteiger charge is 2.07. The Morgan fingerprint density at radius 3 is 2.58 bits per heavy atom. The zero-order valence-electron chi connectivity index (χ0n) is 7.02. The van der Waals surface area contributed by atoms with Gasteiger partial charge in [0.2, 0.25) is 0 Å². The largest absolute Gasteiger partial charge is 0.471 e. The third-order valence-corrected chi connectivity index (χ3v) is 2.19. The second kappa shape index (κ2) is 2.34. The van der Waals surface area contributed by atoms with Gasteiger partial charge in [0.1, 0.15) is 5.82 Å². The van der Waals surface area contributed by atoms with E-state index in [0.29, 0.717) is 5.56 Å². The Labute approximate surface area is 69.8 Å². The van der Waals surface area contributed by atoms with Crippen molar-refractivity contribution in [2.75, 3.05) is 0 Å². The molecular formula is C10H9FO. The summed E-state index contributed by atoms with van der Waals surface area (Å²) in [7, 11) is 0. The minimum Gasteiger partial charge on any atom is -0.471 e. The van der Waals surface area contributed by atoms with E-state index in [1.165, 1.54) is 6.07 Å². The van der Waals surface area contributed by atoms with Crippen LogP contribution in [0.3, 0.4) is 0 Å². The number of halogens is 1. The number of hydrogen-bond acceptors (Lipinski definition) is 1. The number of fused-ring (bicyclic) bond motifs is 1. The van der Waals surface area contributed by atoms with Gasteiger partial charge in [-0.15, -0.1) is 0 Å². The minimum absolute atomic E-state index is 0.165. The Hall–Kier alpha value is -1.31. The van der Waals surface area contributed by atoms with Crippen LogP contribution in [-0.2, 0) is 0 Å². The average Bonchev–Trinajstić information content (AvgIpc) is 2.48. The van der Waals surface area contributed by atoms with Crippen LogP contribution in [0.4, 0.5) is 4.39 Å². The van der Waals surface area contributed by atoms with E-state index in [0.717, 1.165) is 16.3 Å². The van der Waals surface area contributed by atoms with Gasteiger partial charge in [-0.2, -0.15) is 0 Å². The third-order valence-electron chi connectivity index (χ3n) is 2.19. The molecule has 0 bridgehead atoms. The first-order valence-electron chi connectivity index (χ1n) is 3.82. The summed E-state index contributed by atoms with van der Waals surface area (Å²) in [6.07, 6.45) is 3.23. The van der Waals surface area contributed by atoms with E-state index in [-0.39, 0.29) is 5.82 Å². The van der Waals surface area contributed by atoms with E-state index in [2.05, 4.69) is 0 Å². The molecule has 1 aromatic carbocycles. The minimum atomic E-state index is -0.165. The molecule has 0 atom stereocenters. The molecule has 0 aliphatic rings. The van der Waals surface area contributed by atoms with Gasteiger partial charge in [0, 0.05) is 10.8 Å². The number of hydrogen-bond donors (Lipinski definition) is 0. The Kier molecular flexibility index (Phi) is 1.43. The van der Waals surface area contributed by atoms with Crippen LogP contribution in [0.25, 0.3) is 10.8 Å². The molecule has 0 radical (unpaired) electrons. The number of aryl methyl sites for hydroxylation is 2. The Morgan fingerprint density at radius 1 is 1.17 bits per heavy atom. The lowest BCUT2D eigenvalue weighted by Gasteiger charge is -2.00. The van der Waals surface area contributed by atoms with Crippen LogP contribution in [0, 0.1) is 19.7 Å². The molecule has 1 heterocycles. The normalized spacial score (nSPS) is 10.9. The van der Waals surface area contributed by atoms with Gasteiger partial charge < -0.3 is 4.42 Å². The molecule has 0 saturated heterocycles. The van der Waals surface area contributed by atoms with Crippen molar-refractivity contribution in [3.63, 3.8) is 0 Å². The lowest BCUT2D eigenvalue weighted by atomic mass is 10.1. The van der Waals surface area contributed by atoms with Crippen LogP contribution < -0.4 is 0 Å². The fourth-order valence-corrected chi connectivity index (χ4v) is 1.40. The summed E-state index contributed by atoms with van der Waals surface area (Å²) in [6, 6.07) is 1.53. The highest BCUT2D eigenvalue weighted by atomic mass is 19.1. The van der Waals surface area contributed by atoms with Gasteiger partial charge in [-0.3, -0.25) is 0 Å². The molecule has 2 aromatic rings. The molecule has 2 rings (SSSR count). The third kappa shape index (κ3) is 0.843. The molecule has 2 heteroatoms. The Balaban J connectivity index is 2.97. The average molecular weight is 164 g/mol. The molecule has 0 amide bonds. The second-order valence-electron chi connectivity index (χ2n) is 3.00. The van der Waals surface area contributed by atoms with Crippen LogP contribution in [0.5, 0.6) is 0 Å². The van der Waals surface area contributed by atoms with Crippen molar-refractivity contribution in [2.24, 2.45) is 0 Å². The lowest BCUT2D eigenvalue weighted by Crippen LogP contribution is -1.84. The van der Waals surface area contributed by atoms with Crippen LogP contribution in [0.1, 0.15) is 11.1 Å². The second-order valence-corrected chi connectivity index (χ2v) is 3.00. The molecule has 0 fully saturated rings. The molecule has 0 aliphatic heterocycles. The van der Waals surface area contributed by atoms with Crippen molar-refractivity contribution >= 4 is 10.8 Å². The summed E-state index contributed by atoms with van der Waals surface area (Å²) < 4.78 is 18.2. The number of furan rings is 1. The predicted molar refractivity (Wildman–Crippen MR) is 45.6 cm³/mol. The SMILES string of the molecule is Cc1cc(F)c(C)c2cocc12. The zero-order chi connectivity index (χ0) is 8.72. The Bertz CT molecular complexity index is 429. The summed E-state index contributed by atoms with van der Waals surface area (Å²) in [4.78, 5) is 0. The fourth-order valence-electron chi connectivity index (χ4n) is 1.40. The van der Waals surface area contributed by atoms with Gasteiger partial charge >= 0.3 is 0 Å². The Morgan fingerprint density at radius 2 is 1.83 bits per heavy atom. The van der Waals surface area contributed by atoms with Crippen LogP contribution in [0.2, 0.25) is 0 Å². The maximum absolute atomic E-state index is 13.1. The van der Waals surface area contributed by atoms with Gasteiger partial charge in [-0.1, -0.05) is 0 Å². The highest BCUT2D eigenvalue weighted by Crippen LogP contribution is 2.25.